The smallest absolute Gasteiger partial charge is 0.446 e. The zero-order valence-corrected chi connectivity index (χ0v) is 11.6. The van der Waals surface area contributed by atoms with Gasteiger partial charge in [0.15, 0.2) is 0 Å². The van der Waals surface area contributed by atoms with Gasteiger partial charge in [0, 0.05) is 4.90 Å². The molecule has 0 heterocycles. The Labute approximate surface area is 124 Å². The zero-order chi connectivity index (χ0) is 17.1. The second-order valence-corrected chi connectivity index (χ2v) is 4.82. The highest BCUT2D eigenvalue weighted by molar-refractivity contribution is 8.00. The van der Waals surface area contributed by atoms with Crippen LogP contribution in [-0.4, -0.2) is 18.1 Å². The summed E-state index contributed by atoms with van der Waals surface area (Å²) in [5.74, 6) is -1.41. The van der Waals surface area contributed by atoms with Crippen LogP contribution < -0.4 is 0 Å². The van der Waals surface area contributed by atoms with Crippen LogP contribution >= 0.6 is 11.8 Å². The maximum atomic E-state index is 13.1. The maximum Gasteiger partial charge on any atom is 0.446 e. The number of esters is 1. The van der Waals surface area contributed by atoms with Gasteiger partial charge in [0.2, 0.25) is 0 Å². The van der Waals surface area contributed by atoms with E-state index in [0.29, 0.717) is 6.07 Å². The van der Waals surface area contributed by atoms with E-state index >= 15 is 0 Å². The second kappa shape index (κ2) is 6.48. The third-order valence-electron chi connectivity index (χ3n) is 2.27. The van der Waals surface area contributed by atoms with Crippen molar-refractivity contribution in [2.75, 3.05) is 6.61 Å². The topological polar surface area (TPSA) is 50.1 Å². The first kappa shape index (κ1) is 18.2. The summed E-state index contributed by atoms with van der Waals surface area (Å²) in [5, 5.41) is 8.72. The van der Waals surface area contributed by atoms with Crippen LogP contribution in [0.4, 0.5) is 26.3 Å². The molecule has 0 atom stereocenters. The maximum absolute atomic E-state index is 13.1. The fourth-order valence-electron chi connectivity index (χ4n) is 1.55. The molecule has 1 aromatic carbocycles. The number of rotatable bonds is 3. The molecule has 0 aliphatic rings. The molecule has 0 saturated carbocycles. The number of benzene rings is 1. The average Bonchev–Trinajstić information content (AvgIpc) is 2.35. The summed E-state index contributed by atoms with van der Waals surface area (Å²) in [6.45, 7) is 1.08. The van der Waals surface area contributed by atoms with Crippen LogP contribution in [0.15, 0.2) is 17.0 Å². The molecular formula is C12H7F6NO2S. The fraction of sp³-hybridized carbons (Fsp3) is 0.333. The molecule has 0 bridgehead atoms. The number of hydrogen-bond donors (Lipinski definition) is 0. The minimum Gasteiger partial charge on any atom is -0.462 e. The van der Waals surface area contributed by atoms with Crippen LogP contribution in [-0.2, 0) is 10.9 Å². The van der Waals surface area contributed by atoms with Crippen LogP contribution in [0.25, 0.3) is 0 Å². The van der Waals surface area contributed by atoms with Crippen molar-refractivity contribution in [3.8, 4) is 6.07 Å². The first-order chi connectivity index (χ1) is 10.0. The summed E-state index contributed by atoms with van der Waals surface area (Å²) in [5.41, 5.74) is -8.78. The molecule has 120 valence electrons. The van der Waals surface area contributed by atoms with Crippen molar-refractivity contribution < 1.29 is 35.9 Å². The van der Waals surface area contributed by atoms with E-state index in [1.165, 1.54) is 13.0 Å². The number of nitrogens with zero attached hydrogens (tertiary/aromatic N) is 1. The number of thioether (sulfide) groups is 1. The van der Waals surface area contributed by atoms with Crippen LogP contribution in [0, 0.1) is 11.3 Å². The van der Waals surface area contributed by atoms with Gasteiger partial charge in [-0.3, -0.25) is 0 Å². The molecule has 0 saturated heterocycles. The number of carbonyl (C=O) groups is 1. The number of carbonyl (C=O) groups excluding carboxylic acids is 1. The largest absolute Gasteiger partial charge is 0.462 e. The third kappa shape index (κ3) is 4.30. The monoisotopic (exact) mass is 343 g/mol. The quantitative estimate of drug-likeness (QED) is 0.465. The van der Waals surface area contributed by atoms with Gasteiger partial charge in [0.1, 0.15) is 6.07 Å². The van der Waals surface area contributed by atoms with Crippen molar-refractivity contribution in [1.29, 1.82) is 5.26 Å². The van der Waals surface area contributed by atoms with E-state index in [4.69, 9.17) is 5.26 Å². The van der Waals surface area contributed by atoms with Crippen molar-refractivity contribution in [1.82, 2.24) is 0 Å². The number of alkyl halides is 6. The summed E-state index contributed by atoms with van der Waals surface area (Å²) in [7, 11) is 0. The molecule has 0 amide bonds. The number of halogens is 6. The van der Waals surface area contributed by atoms with Crippen molar-refractivity contribution >= 4 is 17.7 Å². The Morgan fingerprint density at radius 1 is 1.27 bits per heavy atom. The summed E-state index contributed by atoms with van der Waals surface area (Å²) < 4.78 is 81.1. The highest BCUT2D eigenvalue weighted by Gasteiger charge is 2.43. The van der Waals surface area contributed by atoms with E-state index in [-0.39, 0.29) is 6.61 Å². The van der Waals surface area contributed by atoms with E-state index in [2.05, 4.69) is 4.74 Å². The van der Waals surface area contributed by atoms with Crippen molar-refractivity contribution in [3.05, 3.63) is 28.8 Å². The van der Waals surface area contributed by atoms with E-state index in [1.807, 2.05) is 0 Å². The average molecular weight is 343 g/mol. The number of nitriles is 1. The minimum atomic E-state index is -5.26. The molecule has 0 N–H and O–H groups in total. The number of hydrogen-bond acceptors (Lipinski definition) is 4. The molecule has 0 fully saturated rings. The van der Waals surface area contributed by atoms with Crippen molar-refractivity contribution in [2.45, 2.75) is 23.5 Å². The summed E-state index contributed by atoms with van der Waals surface area (Å²) in [4.78, 5) is 10.2. The van der Waals surface area contributed by atoms with Gasteiger partial charge in [-0.25, -0.2) is 4.79 Å². The minimum absolute atomic E-state index is 0.252. The van der Waals surface area contributed by atoms with E-state index in [9.17, 15) is 31.1 Å². The highest BCUT2D eigenvalue weighted by Crippen LogP contribution is 2.46. The second-order valence-electron chi connectivity index (χ2n) is 3.74. The van der Waals surface area contributed by atoms with Crippen molar-refractivity contribution in [2.24, 2.45) is 0 Å². The molecule has 1 rings (SSSR count). The lowest BCUT2D eigenvalue weighted by atomic mass is 10.0. The Balaban J connectivity index is 3.66. The van der Waals surface area contributed by atoms with Gasteiger partial charge < -0.3 is 4.74 Å². The van der Waals surface area contributed by atoms with Gasteiger partial charge in [0.05, 0.1) is 23.3 Å². The lowest BCUT2D eigenvalue weighted by molar-refractivity contribution is -0.140. The molecule has 0 unspecified atom stereocenters. The molecular weight excluding hydrogens is 336 g/mol. The first-order valence-electron chi connectivity index (χ1n) is 5.58. The van der Waals surface area contributed by atoms with Crippen LogP contribution in [0.5, 0.6) is 0 Å². The summed E-state index contributed by atoms with van der Waals surface area (Å²) >= 11 is -1.10. The molecule has 10 heteroatoms. The molecule has 0 aliphatic heterocycles. The zero-order valence-electron chi connectivity index (χ0n) is 10.8. The SMILES string of the molecule is CCOC(=O)c1ccc(C#N)c(SC(F)(F)F)c1C(F)(F)F. The lowest BCUT2D eigenvalue weighted by Gasteiger charge is -2.18. The van der Waals surface area contributed by atoms with Crippen LogP contribution in [0.3, 0.4) is 0 Å². The predicted molar refractivity (Wildman–Crippen MR) is 64.0 cm³/mol. The van der Waals surface area contributed by atoms with Gasteiger partial charge in [-0.2, -0.15) is 31.6 Å². The molecule has 0 radical (unpaired) electrons. The van der Waals surface area contributed by atoms with Gasteiger partial charge in [-0.1, -0.05) is 0 Å². The lowest BCUT2D eigenvalue weighted by Crippen LogP contribution is -2.18. The van der Waals surface area contributed by atoms with Gasteiger partial charge >= 0.3 is 17.7 Å². The standard InChI is InChI=1S/C12H7F6NO2S/c1-2-21-10(20)7-4-3-6(5-19)9(22-12(16,17)18)8(7)11(13,14)15/h3-4H,2H2,1H3. The van der Waals surface area contributed by atoms with E-state index < -0.39 is 51.0 Å². The van der Waals surface area contributed by atoms with Crippen LogP contribution in [0.2, 0.25) is 0 Å². The molecule has 3 nitrogen and oxygen atoms in total. The number of ether oxygens (including phenoxy) is 1. The summed E-state index contributed by atoms with van der Waals surface area (Å²) in [6, 6.07) is 2.60. The summed E-state index contributed by atoms with van der Waals surface area (Å²) in [6.07, 6.45) is -5.26. The Kier molecular flexibility index (Phi) is 5.35. The first-order valence-corrected chi connectivity index (χ1v) is 6.40. The highest BCUT2D eigenvalue weighted by atomic mass is 32.2. The van der Waals surface area contributed by atoms with Gasteiger partial charge in [-0.15, -0.1) is 0 Å². The van der Waals surface area contributed by atoms with E-state index in [0.717, 1.165) is 6.07 Å². The van der Waals surface area contributed by atoms with Crippen LogP contribution in [0.1, 0.15) is 28.4 Å². The molecule has 0 aromatic heterocycles. The normalized spacial score (nSPS) is 11.9. The molecule has 22 heavy (non-hydrogen) atoms. The van der Waals surface area contributed by atoms with Gasteiger partial charge in [-0.05, 0) is 30.8 Å². The Hall–Kier alpha value is -1.89. The van der Waals surface area contributed by atoms with Gasteiger partial charge in [0.25, 0.3) is 0 Å². The Morgan fingerprint density at radius 3 is 2.27 bits per heavy atom. The molecule has 1 aromatic rings. The fourth-order valence-corrected chi connectivity index (χ4v) is 2.34. The van der Waals surface area contributed by atoms with Crippen molar-refractivity contribution in [3.63, 3.8) is 0 Å². The third-order valence-corrected chi connectivity index (χ3v) is 3.13. The van der Waals surface area contributed by atoms with E-state index in [1.54, 1.807) is 0 Å². The predicted octanol–water partition coefficient (Wildman–Crippen LogP) is 4.37. The Morgan fingerprint density at radius 2 is 1.86 bits per heavy atom. The molecule has 0 aliphatic carbocycles. The molecule has 0 spiro atoms. The Bertz CT molecular complexity index is 618.